The van der Waals surface area contributed by atoms with Crippen molar-refractivity contribution >= 4 is 23.6 Å². The van der Waals surface area contributed by atoms with Gasteiger partial charge < -0.3 is 26.2 Å². The average molecular weight is 405 g/mol. The first kappa shape index (κ1) is 20.7. The highest BCUT2D eigenvalue weighted by Crippen LogP contribution is 2.16. The fourth-order valence-corrected chi connectivity index (χ4v) is 3.57. The quantitative estimate of drug-likeness (QED) is 0.582. The maximum atomic E-state index is 13.6. The number of nitrogens with two attached hydrogens (primary N) is 1. The van der Waals surface area contributed by atoms with Crippen LogP contribution in [-0.4, -0.2) is 78.2 Å². The van der Waals surface area contributed by atoms with E-state index in [4.69, 9.17) is 5.73 Å². The van der Waals surface area contributed by atoms with E-state index in [-0.39, 0.29) is 43.6 Å². The molecule has 0 saturated carbocycles. The van der Waals surface area contributed by atoms with Gasteiger partial charge in [0, 0.05) is 25.2 Å². The van der Waals surface area contributed by atoms with Crippen molar-refractivity contribution < 1.29 is 23.6 Å². The second-order valence-corrected chi connectivity index (χ2v) is 7.06. The third kappa shape index (κ3) is 4.70. The van der Waals surface area contributed by atoms with E-state index in [2.05, 4.69) is 10.6 Å². The maximum absolute atomic E-state index is 13.6. The minimum atomic E-state index is -1.01. The summed E-state index contributed by atoms with van der Waals surface area (Å²) in [7, 11) is 0. The standard InChI is InChI=1S/C19H24FN5O4/c20-13-4-1-3-12(9-13)19(29)25-8-7-24(16(26)10-21)11-15(25)18(28)23-14-5-2-6-22-17(14)27/h1,3-4,9,14-15H,2,5-8,10-11,21H2,(H,22,27)(H,23,28). The Bertz CT molecular complexity index is 818. The van der Waals surface area contributed by atoms with Crippen LogP contribution in [0.1, 0.15) is 23.2 Å². The van der Waals surface area contributed by atoms with E-state index in [9.17, 15) is 23.6 Å². The third-order valence-electron chi connectivity index (χ3n) is 5.14. The summed E-state index contributed by atoms with van der Waals surface area (Å²) in [6.07, 6.45) is 1.22. The number of rotatable bonds is 4. The van der Waals surface area contributed by atoms with E-state index in [1.807, 2.05) is 0 Å². The number of hydrogen-bond donors (Lipinski definition) is 3. The van der Waals surface area contributed by atoms with Gasteiger partial charge in [0.2, 0.25) is 17.7 Å². The van der Waals surface area contributed by atoms with Gasteiger partial charge in [0.15, 0.2) is 0 Å². The molecule has 0 aliphatic carbocycles. The van der Waals surface area contributed by atoms with Crippen molar-refractivity contribution in [3.8, 4) is 0 Å². The molecule has 2 heterocycles. The maximum Gasteiger partial charge on any atom is 0.254 e. The molecule has 0 spiro atoms. The number of carbonyl (C=O) groups excluding carboxylic acids is 4. The predicted octanol–water partition coefficient (Wildman–Crippen LogP) is -1.17. The molecule has 1 aromatic rings. The molecule has 9 nitrogen and oxygen atoms in total. The number of piperazine rings is 1. The van der Waals surface area contributed by atoms with Crippen molar-refractivity contribution in [1.29, 1.82) is 0 Å². The highest BCUT2D eigenvalue weighted by Gasteiger charge is 2.38. The van der Waals surface area contributed by atoms with Crippen LogP contribution in [-0.2, 0) is 14.4 Å². The molecule has 0 aromatic heterocycles. The molecule has 0 radical (unpaired) electrons. The third-order valence-corrected chi connectivity index (χ3v) is 5.14. The summed E-state index contributed by atoms with van der Waals surface area (Å²) in [5, 5.41) is 5.36. The van der Waals surface area contributed by atoms with Crippen LogP contribution in [0, 0.1) is 5.82 Å². The van der Waals surface area contributed by atoms with Gasteiger partial charge in [-0.2, -0.15) is 0 Å². The summed E-state index contributed by atoms with van der Waals surface area (Å²) in [4.78, 5) is 52.6. The largest absolute Gasteiger partial charge is 0.354 e. The van der Waals surface area contributed by atoms with Crippen molar-refractivity contribution in [1.82, 2.24) is 20.4 Å². The zero-order valence-corrected chi connectivity index (χ0v) is 15.9. The Kier molecular flexibility index (Phi) is 6.42. The minimum Gasteiger partial charge on any atom is -0.354 e. The molecule has 2 atom stereocenters. The molecular weight excluding hydrogens is 381 g/mol. The number of benzene rings is 1. The first-order valence-electron chi connectivity index (χ1n) is 9.53. The van der Waals surface area contributed by atoms with E-state index >= 15 is 0 Å². The van der Waals surface area contributed by atoms with Gasteiger partial charge in [0.25, 0.3) is 5.91 Å². The normalized spacial score (nSPS) is 22.1. The topological polar surface area (TPSA) is 125 Å². The van der Waals surface area contributed by atoms with Crippen LogP contribution in [0.2, 0.25) is 0 Å². The number of carbonyl (C=O) groups is 4. The van der Waals surface area contributed by atoms with Crippen molar-refractivity contribution in [2.75, 3.05) is 32.7 Å². The van der Waals surface area contributed by atoms with Gasteiger partial charge in [-0.3, -0.25) is 19.2 Å². The lowest BCUT2D eigenvalue weighted by Crippen LogP contribution is -2.64. The van der Waals surface area contributed by atoms with Gasteiger partial charge in [0.1, 0.15) is 17.9 Å². The summed E-state index contributed by atoms with van der Waals surface area (Å²) < 4.78 is 13.6. The van der Waals surface area contributed by atoms with E-state index in [0.29, 0.717) is 13.0 Å². The van der Waals surface area contributed by atoms with Crippen LogP contribution >= 0.6 is 0 Å². The molecular formula is C19H24FN5O4. The lowest BCUT2D eigenvalue weighted by atomic mass is 10.0. The van der Waals surface area contributed by atoms with Crippen LogP contribution in [0.3, 0.4) is 0 Å². The zero-order chi connectivity index (χ0) is 21.0. The van der Waals surface area contributed by atoms with Gasteiger partial charge in [-0.1, -0.05) is 6.07 Å². The first-order chi connectivity index (χ1) is 13.9. The molecule has 1 aromatic carbocycles. The van der Waals surface area contributed by atoms with Gasteiger partial charge in [-0.05, 0) is 31.0 Å². The Morgan fingerprint density at radius 2 is 2.07 bits per heavy atom. The summed E-state index contributed by atoms with van der Waals surface area (Å²) in [6.45, 7) is 0.604. The molecule has 2 aliphatic heterocycles. The molecule has 2 fully saturated rings. The summed E-state index contributed by atoms with van der Waals surface area (Å²) in [5.74, 6) is -2.23. The van der Waals surface area contributed by atoms with Gasteiger partial charge in [0.05, 0.1) is 13.1 Å². The molecule has 29 heavy (non-hydrogen) atoms. The number of nitrogens with zero attached hydrogens (tertiary/aromatic N) is 2. The smallest absolute Gasteiger partial charge is 0.254 e. The number of amides is 4. The first-order valence-corrected chi connectivity index (χ1v) is 9.53. The summed E-state index contributed by atoms with van der Waals surface area (Å²) in [6, 6.07) is 3.50. The number of halogens is 1. The number of piperidine rings is 1. The number of nitrogens with one attached hydrogen (secondary N) is 2. The van der Waals surface area contributed by atoms with Crippen molar-refractivity contribution in [3.63, 3.8) is 0 Å². The van der Waals surface area contributed by atoms with Crippen LogP contribution in [0.25, 0.3) is 0 Å². The Morgan fingerprint density at radius 1 is 1.28 bits per heavy atom. The number of hydrogen-bond acceptors (Lipinski definition) is 5. The summed E-state index contributed by atoms with van der Waals surface area (Å²) >= 11 is 0. The zero-order valence-electron chi connectivity index (χ0n) is 15.9. The second kappa shape index (κ2) is 8.99. The van der Waals surface area contributed by atoms with Crippen LogP contribution in [0.15, 0.2) is 24.3 Å². The molecule has 156 valence electrons. The van der Waals surface area contributed by atoms with E-state index in [1.54, 1.807) is 0 Å². The van der Waals surface area contributed by atoms with Crippen molar-refractivity contribution in [2.45, 2.75) is 24.9 Å². The molecule has 3 rings (SSSR count). The molecule has 2 unspecified atom stereocenters. The summed E-state index contributed by atoms with van der Waals surface area (Å²) in [5.41, 5.74) is 5.54. The van der Waals surface area contributed by atoms with Crippen LogP contribution < -0.4 is 16.4 Å². The Morgan fingerprint density at radius 3 is 2.76 bits per heavy atom. The molecule has 4 amide bonds. The van der Waals surface area contributed by atoms with Crippen LogP contribution in [0.4, 0.5) is 4.39 Å². The Hall–Kier alpha value is -3.01. The van der Waals surface area contributed by atoms with Gasteiger partial charge >= 0.3 is 0 Å². The fourth-order valence-electron chi connectivity index (χ4n) is 3.57. The van der Waals surface area contributed by atoms with E-state index in [1.165, 1.54) is 28.0 Å². The van der Waals surface area contributed by atoms with E-state index < -0.39 is 29.7 Å². The van der Waals surface area contributed by atoms with Gasteiger partial charge in [-0.25, -0.2) is 4.39 Å². The highest BCUT2D eigenvalue weighted by atomic mass is 19.1. The molecule has 2 saturated heterocycles. The predicted molar refractivity (Wildman–Crippen MR) is 101 cm³/mol. The average Bonchev–Trinajstić information content (AvgIpc) is 2.73. The monoisotopic (exact) mass is 405 g/mol. The van der Waals surface area contributed by atoms with Crippen molar-refractivity contribution in [2.24, 2.45) is 5.73 Å². The highest BCUT2D eigenvalue weighted by molar-refractivity contribution is 5.99. The molecule has 0 bridgehead atoms. The van der Waals surface area contributed by atoms with E-state index in [0.717, 1.165) is 12.5 Å². The minimum absolute atomic E-state index is 0.0444. The van der Waals surface area contributed by atoms with Gasteiger partial charge in [-0.15, -0.1) is 0 Å². The lowest BCUT2D eigenvalue weighted by molar-refractivity contribution is -0.138. The van der Waals surface area contributed by atoms with Crippen LogP contribution in [0.5, 0.6) is 0 Å². The molecule has 4 N–H and O–H groups in total. The molecule has 2 aliphatic rings. The second-order valence-electron chi connectivity index (χ2n) is 7.06. The van der Waals surface area contributed by atoms with Crippen molar-refractivity contribution in [3.05, 3.63) is 35.6 Å². The Balaban J connectivity index is 1.81. The SMILES string of the molecule is NCC(=O)N1CCN(C(=O)c2cccc(F)c2)C(C(=O)NC2CCCNC2=O)C1. The molecule has 10 heteroatoms. The Labute approximate surface area is 167 Å². The lowest BCUT2D eigenvalue weighted by Gasteiger charge is -2.41. The fraction of sp³-hybridized carbons (Fsp3) is 0.474.